The van der Waals surface area contributed by atoms with E-state index in [1.54, 1.807) is 25.3 Å². The van der Waals surface area contributed by atoms with Gasteiger partial charge in [-0.1, -0.05) is 12.1 Å². The highest BCUT2D eigenvalue weighted by molar-refractivity contribution is 5.99. The van der Waals surface area contributed by atoms with Gasteiger partial charge in [0.05, 0.1) is 18.9 Å². The third-order valence-electron chi connectivity index (χ3n) is 4.35. The van der Waals surface area contributed by atoms with Gasteiger partial charge in [0.1, 0.15) is 11.4 Å². The number of aromatic nitrogens is 1. The van der Waals surface area contributed by atoms with E-state index < -0.39 is 0 Å². The second kappa shape index (κ2) is 6.51. The minimum Gasteiger partial charge on any atom is -0.496 e. The van der Waals surface area contributed by atoms with E-state index in [-0.39, 0.29) is 23.3 Å². The van der Waals surface area contributed by atoms with Crippen LogP contribution in [0.1, 0.15) is 27.5 Å². The number of nitrogens with zero attached hydrogens (tertiary/aromatic N) is 3. The SMILES string of the molecule is COc1cc(C(=O)N2CCCN2C(=O)c2ccco2)nc2ccccc12. The third-order valence-corrected chi connectivity index (χ3v) is 4.35. The van der Waals surface area contributed by atoms with Crippen molar-refractivity contribution >= 4 is 22.7 Å². The first-order valence-electron chi connectivity index (χ1n) is 8.30. The molecule has 0 bridgehead atoms. The summed E-state index contributed by atoms with van der Waals surface area (Å²) >= 11 is 0. The number of para-hydroxylation sites is 1. The molecule has 3 aromatic rings. The van der Waals surface area contributed by atoms with Gasteiger partial charge >= 0.3 is 5.91 Å². The lowest BCUT2D eigenvalue weighted by Crippen LogP contribution is -2.45. The van der Waals surface area contributed by atoms with Crippen LogP contribution in [-0.4, -0.2) is 47.0 Å². The van der Waals surface area contributed by atoms with E-state index in [0.29, 0.717) is 30.8 Å². The summed E-state index contributed by atoms with van der Waals surface area (Å²) in [6.45, 7) is 0.901. The second-order valence-corrected chi connectivity index (χ2v) is 5.91. The van der Waals surface area contributed by atoms with E-state index in [2.05, 4.69) is 4.98 Å². The highest BCUT2D eigenvalue weighted by Gasteiger charge is 2.34. The molecule has 7 nitrogen and oxygen atoms in total. The van der Waals surface area contributed by atoms with Gasteiger partial charge in [-0.05, 0) is 30.7 Å². The molecule has 26 heavy (non-hydrogen) atoms. The average molecular weight is 351 g/mol. The van der Waals surface area contributed by atoms with Gasteiger partial charge in [-0.25, -0.2) is 15.0 Å². The summed E-state index contributed by atoms with van der Waals surface area (Å²) in [6, 6.07) is 12.3. The quantitative estimate of drug-likeness (QED) is 0.725. The molecule has 132 valence electrons. The molecule has 7 heteroatoms. The van der Waals surface area contributed by atoms with Crippen LogP contribution in [0.15, 0.2) is 53.1 Å². The van der Waals surface area contributed by atoms with Gasteiger partial charge in [0.25, 0.3) is 5.91 Å². The molecular weight excluding hydrogens is 334 g/mol. The lowest BCUT2D eigenvalue weighted by molar-refractivity contribution is 0.0163. The van der Waals surface area contributed by atoms with Crippen molar-refractivity contribution in [2.24, 2.45) is 0 Å². The lowest BCUT2D eigenvalue weighted by atomic mass is 10.1. The van der Waals surface area contributed by atoms with Crippen molar-refractivity contribution in [2.75, 3.05) is 20.2 Å². The Labute approximate surface area is 149 Å². The monoisotopic (exact) mass is 351 g/mol. The van der Waals surface area contributed by atoms with E-state index in [9.17, 15) is 9.59 Å². The number of ether oxygens (including phenoxy) is 1. The van der Waals surface area contributed by atoms with Crippen LogP contribution in [0.5, 0.6) is 5.75 Å². The molecule has 3 heterocycles. The Bertz CT molecular complexity index is 968. The molecule has 2 aromatic heterocycles. The summed E-state index contributed by atoms with van der Waals surface area (Å²) < 4.78 is 10.6. The van der Waals surface area contributed by atoms with Gasteiger partial charge in [-0.3, -0.25) is 9.59 Å². The van der Waals surface area contributed by atoms with Crippen LogP contribution < -0.4 is 4.74 Å². The molecule has 1 aliphatic rings. The molecular formula is C19H17N3O4. The number of hydrogen-bond donors (Lipinski definition) is 0. The summed E-state index contributed by atoms with van der Waals surface area (Å²) in [7, 11) is 1.55. The predicted molar refractivity (Wildman–Crippen MR) is 93.7 cm³/mol. The standard InChI is InChI=1S/C19H17N3O4/c1-25-17-12-15(20-14-7-3-2-6-13(14)17)18(23)21-9-5-10-22(21)19(24)16-8-4-11-26-16/h2-4,6-8,11-12H,5,9-10H2,1H3. The fraction of sp³-hybridized carbons (Fsp3) is 0.211. The van der Waals surface area contributed by atoms with Crippen LogP contribution in [0, 0.1) is 0 Å². The largest absolute Gasteiger partial charge is 0.496 e. The normalized spacial score (nSPS) is 14.0. The number of hydrogen-bond acceptors (Lipinski definition) is 5. The smallest absolute Gasteiger partial charge is 0.308 e. The molecule has 1 fully saturated rings. The number of hydrazine groups is 1. The topological polar surface area (TPSA) is 75.9 Å². The number of furan rings is 1. The van der Waals surface area contributed by atoms with Gasteiger partial charge in [-0.15, -0.1) is 0 Å². The highest BCUT2D eigenvalue weighted by Crippen LogP contribution is 2.26. The molecule has 0 unspecified atom stereocenters. The van der Waals surface area contributed by atoms with E-state index in [1.807, 2.05) is 24.3 Å². The van der Waals surface area contributed by atoms with E-state index in [4.69, 9.17) is 9.15 Å². The van der Waals surface area contributed by atoms with Crippen LogP contribution in [0.2, 0.25) is 0 Å². The molecule has 1 aromatic carbocycles. The number of amides is 2. The number of rotatable bonds is 3. The molecule has 1 saturated heterocycles. The minimum atomic E-state index is -0.341. The van der Waals surface area contributed by atoms with Crippen LogP contribution in [0.25, 0.3) is 10.9 Å². The van der Waals surface area contributed by atoms with Gasteiger partial charge in [0, 0.05) is 24.5 Å². The van der Waals surface area contributed by atoms with Gasteiger partial charge in [-0.2, -0.15) is 0 Å². The zero-order chi connectivity index (χ0) is 18.1. The van der Waals surface area contributed by atoms with Crippen LogP contribution >= 0.6 is 0 Å². The molecule has 2 amide bonds. The number of benzene rings is 1. The number of carbonyl (C=O) groups is 2. The van der Waals surface area contributed by atoms with Crippen LogP contribution in [0.3, 0.4) is 0 Å². The molecule has 4 rings (SSSR count). The molecule has 0 atom stereocenters. The van der Waals surface area contributed by atoms with Crippen molar-refractivity contribution in [2.45, 2.75) is 6.42 Å². The van der Waals surface area contributed by atoms with Crippen molar-refractivity contribution < 1.29 is 18.7 Å². The van der Waals surface area contributed by atoms with E-state index in [1.165, 1.54) is 16.3 Å². The van der Waals surface area contributed by atoms with Gasteiger partial charge < -0.3 is 9.15 Å². The molecule has 0 saturated carbocycles. The van der Waals surface area contributed by atoms with Crippen LogP contribution in [-0.2, 0) is 0 Å². The number of methoxy groups -OCH3 is 1. The average Bonchev–Trinajstić information content (AvgIpc) is 3.37. The van der Waals surface area contributed by atoms with Crippen LogP contribution in [0.4, 0.5) is 0 Å². The summed E-state index contributed by atoms with van der Waals surface area (Å²) in [5.41, 5.74) is 0.901. The van der Waals surface area contributed by atoms with Crippen molar-refractivity contribution in [3.8, 4) is 5.75 Å². The van der Waals surface area contributed by atoms with Crippen molar-refractivity contribution in [3.05, 3.63) is 60.2 Å². The zero-order valence-corrected chi connectivity index (χ0v) is 14.2. The number of fused-ring (bicyclic) bond motifs is 1. The maximum absolute atomic E-state index is 13.0. The molecule has 1 aliphatic heterocycles. The Morgan fingerprint density at radius 1 is 1.08 bits per heavy atom. The maximum Gasteiger partial charge on any atom is 0.308 e. The Morgan fingerprint density at radius 2 is 1.85 bits per heavy atom. The Hall–Kier alpha value is -3.35. The first-order valence-corrected chi connectivity index (χ1v) is 8.30. The summed E-state index contributed by atoms with van der Waals surface area (Å²) in [5, 5.41) is 3.66. The van der Waals surface area contributed by atoms with Gasteiger partial charge in [0.15, 0.2) is 5.76 Å². The van der Waals surface area contributed by atoms with E-state index >= 15 is 0 Å². The summed E-state index contributed by atoms with van der Waals surface area (Å²) in [6.07, 6.45) is 2.13. The molecule has 0 N–H and O–H groups in total. The predicted octanol–water partition coefficient (Wildman–Crippen LogP) is 2.74. The highest BCUT2D eigenvalue weighted by atomic mass is 16.5. The summed E-state index contributed by atoms with van der Waals surface area (Å²) in [5.74, 6) is 0.0934. The molecule has 0 spiro atoms. The Kier molecular flexibility index (Phi) is 4.04. The van der Waals surface area contributed by atoms with Crippen molar-refractivity contribution in [3.63, 3.8) is 0 Å². The fourth-order valence-corrected chi connectivity index (χ4v) is 3.12. The van der Waals surface area contributed by atoms with Gasteiger partial charge in [0.2, 0.25) is 0 Å². The lowest BCUT2D eigenvalue weighted by Gasteiger charge is -2.27. The number of pyridine rings is 1. The first kappa shape index (κ1) is 16.1. The number of carbonyl (C=O) groups excluding carboxylic acids is 2. The molecule has 0 aliphatic carbocycles. The maximum atomic E-state index is 13.0. The fourth-order valence-electron chi connectivity index (χ4n) is 3.12. The van der Waals surface area contributed by atoms with Crippen molar-refractivity contribution in [1.29, 1.82) is 0 Å². The van der Waals surface area contributed by atoms with Crippen molar-refractivity contribution in [1.82, 2.24) is 15.0 Å². The Balaban J connectivity index is 1.68. The third kappa shape index (κ3) is 2.67. The zero-order valence-electron chi connectivity index (χ0n) is 14.2. The van der Waals surface area contributed by atoms with E-state index in [0.717, 1.165) is 5.39 Å². The molecule has 0 radical (unpaired) electrons. The first-order chi connectivity index (χ1) is 12.7. The minimum absolute atomic E-state index is 0.203. The summed E-state index contributed by atoms with van der Waals surface area (Å²) in [4.78, 5) is 30.1. The second-order valence-electron chi connectivity index (χ2n) is 5.91. The Morgan fingerprint density at radius 3 is 2.58 bits per heavy atom.